The Morgan fingerprint density at radius 1 is 1.29 bits per heavy atom. The van der Waals surface area contributed by atoms with E-state index in [1.807, 2.05) is 23.8 Å². The molecule has 8 heteroatoms. The predicted octanol–water partition coefficient (Wildman–Crippen LogP) is 1.90. The molecule has 0 unspecified atom stereocenters. The normalized spacial score (nSPS) is 19.2. The molecule has 1 aliphatic heterocycles. The van der Waals surface area contributed by atoms with Crippen LogP contribution < -0.4 is 0 Å². The first-order valence-corrected chi connectivity index (χ1v) is 9.06. The first kappa shape index (κ1) is 19.8. The molecule has 2 aromatic heterocycles. The lowest BCUT2D eigenvalue weighted by atomic mass is 10.0. The maximum Gasteiger partial charge on any atom is 0.290 e. The minimum atomic E-state index is -0.323. The number of hydrogen-bond acceptors (Lipinski definition) is 6. The van der Waals surface area contributed by atoms with Crippen LogP contribution in [0.5, 0.6) is 0 Å². The number of benzene rings is 1. The molecule has 1 aliphatic rings. The second-order valence-corrected chi connectivity index (χ2v) is 6.90. The van der Waals surface area contributed by atoms with E-state index in [0.29, 0.717) is 6.54 Å². The van der Waals surface area contributed by atoms with Crippen LogP contribution in [0.15, 0.2) is 53.6 Å². The van der Waals surface area contributed by atoms with Crippen LogP contribution in [0.1, 0.15) is 17.0 Å². The summed E-state index contributed by atoms with van der Waals surface area (Å²) >= 11 is 0. The second kappa shape index (κ2) is 9.29. The number of aryl methyl sites for hydroxylation is 1. The first-order chi connectivity index (χ1) is 13.6. The number of β-amino-alcohol motifs (C(OH)–C–C–N with tert-alkyl or cyclic N) is 1. The van der Waals surface area contributed by atoms with Gasteiger partial charge in [-0.1, -0.05) is 17.3 Å². The summed E-state index contributed by atoms with van der Waals surface area (Å²) in [4.78, 5) is 14.7. The minimum Gasteiger partial charge on any atom is -0.483 e. The van der Waals surface area contributed by atoms with E-state index in [-0.39, 0.29) is 18.5 Å². The number of carbonyl (C=O) groups is 1. The molecule has 2 N–H and O–H groups in total. The Balaban J connectivity index is 0.000000706. The highest BCUT2D eigenvalue weighted by Crippen LogP contribution is 2.23. The topological polar surface area (TPSA) is 105 Å². The smallest absolute Gasteiger partial charge is 0.290 e. The summed E-state index contributed by atoms with van der Waals surface area (Å²) < 4.78 is 7.27. The fourth-order valence-electron chi connectivity index (χ4n) is 3.49. The molecule has 0 radical (unpaired) electrons. The SMILES string of the molecule is Cc1cc(C[C@@H]2CN(Cc3ccc(-n4ccnc4)cc3)C[C@H]2O)on1.O=CO. The molecule has 8 nitrogen and oxygen atoms in total. The standard InChI is InChI=1S/C19H22N4O2.CH2O2/c1-14-8-18(25-21-14)9-16-11-22(12-19(16)24)10-15-2-4-17(5-3-15)23-7-6-20-13-23;2-1-3/h2-8,13,16,19,24H,9-12H2,1H3;1H,(H,2,3)/t16-,19-;/m1./s1. The quantitative estimate of drug-likeness (QED) is 0.648. The Morgan fingerprint density at radius 3 is 2.64 bits per heavy atom. The number of nitrogens with zero attached hydrogens (tertiary/aromatic N) is 4. The van der Waals surface area contributed by atoms with E-state index in [2.05, 4.69) is 39.3 Å². The van der Waals surface area contributed by atoms with Gasteiger partial charge in [0, 0.05) is 56.1 Å². The van der Waals surface area contributed by atoms with Crippen molar-refractivity contribution in [2.75, 3.05) is 13.1 Å². The molecular weight excluding hydrogens is 360 g/mol. The van der Waals surface area contributed by atoms with Gasteiger partial charge in [0.05, 0.1) is 18.1 Å². The number of rotatable bonds is 5. The summed E-state index contributed by atoms with van der Waals surface area (Å²) in [6.45, 7) is 4.07. The van der Waals surface area contributed by atoms with Gasteiger partial charge in [0.2, 0.25) is 0 Å². The van der Waals surface area contributed by atoms with Gasteiger partial charge in [0.1, 0.15) is 5.76 Å². The lowest BCUT2D eigenvalue weighted by molar-refractivity contribution is -0.122. The fourth-order valence-corrected chi connectivity index (χ4v) is 3.49. The number of aromatic nitrogens is 3. The minimum absolute atomic E-state index is 0.192. The van der Waals surface area contributed by atoms with Crippen LogP contribution in [0, 0.1) is 12.8 Å². The van der Waals surface area contributed by atoms with Crippen LogP contribution >= 0.6 is 0 Å². The maximum atomic E-state index is 10.4. The summed E-state index contributed by atoms with van der Waals surface area (Å²) in [7, 11) is 0. The molecule has 0 spiro atoms. The van der Waals surface area contributed by atoms with Gasteiger partial charge in [-0.3, -0.25) is 9.69 Å². The van der Waals surface area contributed by atoms with Crippen molar-refractivity contribution in [1.29, 1.82) is 0 Å². The molecule has 2 atom stereocenters. The van der Waals surface area contributed by atoms with Crippen molar-refractivity contribution in [2.24, 2.45) is 5.92 Å². The average Bonchev–Trinajstić information content (AvgIpc) is 3.40. The average molecular weight is 384 g/mol. The third-order valence-corrected chi connectivity index (χ3v) is 4.77. The lowest BCUT2D eigenvalue weighted by Crippen LogP contribution is -2.21. The van der Waals surface area contributed by atoms with Crippen molar-refractivity contribution >= 4 is 6.47 Å². The van der Waals surface area contributed by atoms with Gasteiger partial charge in [-0.05, 0) is 24.6 Å². The Bertz CT molecular complexity index is 861. The molecule has 0 saturated carbocycles. The molecule has 3 heterocycles. The Hall–Kier alpha value is -2.97. The van der Waals surface area contributed by atoms with Crippen LogP contribution in [0.4, 0.5) is 0 Å². The van der Waals surface area contributed by atoms with Gasteiger partial charge in [-0.25, -0.2) is 4.98 Å². The summed E-state index contributed by atoms with van der Waals surface area (Å²) in [5, 5.41) is 21.2. The van der Waals surface area contributed by atoms with Crippen LogP contribution in [-0.2, 0) is 17.8 Å². The molecule has 1 fully saturated rings. The third-order valence-electron chi connectivity index (χ3n) is 4.77. The zero-order valence-electron chi connectivity index (χ0n) is 15.7. The van der Waals surface area contributed by atoms with E-state index in [1.54, 1.807) is 12.5 Å². The van der Waals surface area contributed by atoms with E-state index in [9.17, 15) is 5.11 Å². The van der Waals surface area contributed by atoms with E-state index >= 15 is 0 Å². The summed E-state index contributed by atoms with van der Waals surface area (Å²) in [5.74, 6) is 1.05. The molecule has 4 rings (SSSR count). The second-order valence-electron chi connectivity index (χ2n) is 6.90. The van der Waals surface area contributed by atoms with Crippen molar-refractivity contribution in [3.63, 3.8) is 0 Å². The van der Waals surface area contributed by atoms with Crippen molar-refractivity contribution in [3.8, 4) is 5.69 Å². The van der Waals surface area contributed by atoms with Crippen molar-refractivity contribution in [3.05, 3.63) is 66.1 Å². The maximum absolute atomic E-state index is 10.4. The number of hydrogen-bond donors (Lipinski definition) is 2. The summed E-state index contributed by atoms with van der Waals surface area (Å²) in [6, 6.07) is 10.4. The van der Waals surface area contributed by atoms with Crippen LogP contribution in [0.2, 0.25) is 0 Å². The Morgan fingerprint density at radius 2 is 2.04 bits per heavy atom. The highest BCUT2D eigenvalue weighted by atomic mass is 16.5. The zero-order chi connectivity index (χ0) is 19.9. The molecule has 0 amide bonds. The van der Waals surface area contributed by atoms with Gasteiger partial charge in [0.15, 0.2) is 0 Å². The summed E-state index contributed by atoms with van der Waals surface area (Å²) in [5.41, 5.74) is 3.23. The van der Waals surface area contributed by atoms with Crippen molar-refractivity contribution < 1.29 is 19.5 Å². The number of likely N-dealkylation sites (tertiary alicyclic amines) is 1. The Labute approximate surface area is 163 Å². The lowest BCUT2D eigenvalue weighted by Gasteiger charge is -2.15. The number of aliphatic hydroxyl groups excluding tert-OH is 1. The third kappa shape index (κ3) is 5.05. The van der Waals surface area contributed by atoms with E-state index in [4.69, 9.17) is 14.4 Å². The molecule has 0 aliphatic carbocycles. The van der Waals surface area contributed by atoms with Crippen molar-refractivity contribution in [1.82, 2.24) is 19.6 Å². The molecule has 3 aromatic rings. The molecule has 148 valence electrons. The highest BCUT2D eigenvalue weighted by molar-refractivity contribution is 5.34. The number of imidazole rings is 1. The van der Waals surface area contributed by atoms with Gasteiger partial charge < -0.3 is 19.3 Å². The van der Waals surface area contributed by atoms with E-state index < -0.39 is 0 Å². The monoisotopic (exact) mass is 384 g/mol. The fraction of sp³-hybridized carbons (Fsp3) is 0.350. The number of aliphatic hydroxyl groups is 1. The van der Waals surface area contributed by atoms with Gasteiger partial charge >= 0.3 is 0 Å². The first-order valence-electron chi connectivity index (χ1n) is 9.06. The summed E-state index contributed by atoms with van der Waals surface area (Å²) in [6.07, 6.45) is 5.91. The predicted molar refractivity (Wildman–Crippen MR) is 102 cm³/mol. The Kier molecular flexibility index (Phi) is 6.57. The molecular formula is C20H24N4O4. The van der Waals surface area contributed by atoms with Gasteiger partial charge in [0.25, 0.3) is 6.47 Å². The largest absolute Gasteiger partial charge is 0.483 e. The number of carboxylic acid groups (broad SMARTS) is 1. The van der Waals surface area contributed by atoms with E-state index in [0.717, 1.165) is 36.7 Å². The highest BCUT2D eigenvalue weighted by Gasteiger charge is 2.32. The van der Waals surface area contributed by atoms with Gasteiger partial charge in [-0.15, -0.1) is 0 Å². The van der Waals surface area contributed by atoms with E-state index in [1.165, 1.54) is 5.56 Å². The van der Waals surface area contributed by atoms with Crippen LogP contribution in [0.3, 0.4) is 0 Å². The van der Waals surface area contributed by atoms with Gasteiger partial charge in [-0.2, -0.15) is 0 Å². The molecule has 0 bridgehead atoms. The molecule has 1 saturated heterocycles. The van der Waals surface area contributed by atoms with Crippen LogP contribution in [0.25, 0.3) is 5.69 Å². The zero-order valence-corrected chi connectivity index (χ0v) is 15.7. The molecule has 28 heavy (non-hydrogen) atoms. The molecule has 1 aromatic carbocycles. The van der Waals surface area contributed by atoms with Crippen LogP contribution in [-0.4, -0.2) is 55.5 Å². The van der Waals surface area contributed by atoms with Crippen molar-refractivity contribution in [2.45, 2.75) is 26.0 Å².